The van der Waals surface area contributed by atoms with Gasteiger partial charge in [-0.3, -0.25) is 0 Å². The molecule has 0 rings (SSSR count). The molecule has 0 bridgehead atoms. The maximum absolute atomic E-state index is 5.50. The molecule has 14 heavy (non-hydrogen) atoms. The molecular weight excluding hydrogens is 213 g/mol. The fraction of sp³-hybridized carbons (Fsp3) is 1.00. The van der Waals surface area contributed by atoms with Crippen LogP contribution < -0.4 is 5.09 Å². The van der Waals surface area contributed by atoms with Crippen molar-refractivity contribution in [3.8, 4) is 0 Å². The third-order valence-corrected chi connectivity index (χ3v) is 4.49. The van der Waals surface area contributed by atoms with Crippen LogP contribution in [-0.4, -0.2) is 18.1 Å². The van der Waals surface area contributed by atoms with Gasteiger partial charge in [0.15, 0.2) is 0 Å². The van der Waals surface area contributed by atoms with Crippen molar-refractivity contribution in [3.05, 3.63) is 10.2 Å². The molecule has 0 fully saturated rings. The molecule has 0 unspecified atom stereocenters. The summed E-state index contributed by atoms with van der Waals surface area (Å²) in [6.07, 6.45) is 0. The van der Waals surface area contributed by atoms with Crippen molar-refractivity contribution in [2.75, 3.05) is 0 Å². The van der Waals surface area contributed by atoms with Crippen molar-refractivity contribution in [2.24, 2.45) is 0 Å². The first-order valence-electron chi connectivity index (χ1n) is 5.08. The van der Waals surface area contributed by atoms with Gasteiger partial charge in [0.25, 0.3) is 0 Å². The highest BCUT2D eigenvalue weighted by Gasteiger charge is 1.99. The Morgan fingerprint density at radius 1 is 0.929 bits per heavy atom. The molecule has 86 valence electrons. The zero-order chi connectivity index (χ0) is 11.4. The predicted molar refractivity (Wildman–Crippen MR) is 69.5 cm³/mol. The Morgan fingerprint density at radius 2 is 1.29 bits per heavy atom. The standard InChI is InChI=1S/C9H22N3PS/c1-7(2)10-13(14,11-8(3)4)12-9(5)6/h7-9H,1-6H3,(H-2,10,11,12,14)/q-2. The number of nitrogens with one attached hydrogen (secondary N) is 1. The molecule has 0 heterocycles. The van der Waals surface area contributed by atoms with E-state index in [1.165, 1.54) is 0 Å². The summed E-state index contributed by atoms with van der Waals surface area (Å²) in [6.45, 7) is 10.3. The SMILES string of the molecule is CC(C)[N-]P(=S)([N-]C(C)C)NC(C)C. The van der Waals surface area contributed by atoms with Crippen LogP contribution in [0.15, 0.2) is 0 Å². The third-order valence-electron chi connectivity index (χ3n) is 1.20. The summed E-state index contributed by atoms with van der Waals surface area (Å²) in [5.41, 5.74) is 0. The third kappa shape index (κ3) is 6.91. The molecule has 0 radical (unpaired) electrons. The zero-order valence-electron chi connectivity index (χ0n) is 9.98. The topological polar surface area (TPSA) is 40.2 Å². The Labute approximate surface area is 93.6 Å². The van der Waals surface area contributed by atoms with E-state index < -0.39 is 6.49 Å². The molecule has 0 aliphatic rings. The second kappa shape index (κ2) is 6.19. The summed E-state index contributed by atoms with van der Waals surface area (Å²) in [7, 11) is 0. The van der Waals surface area contributed by atoms with Crippen LogP contribution in [-0.2, 0) is 11.8 Å². The van der Waals surface area contributed by atoms with Gasteiger partial charge in [-0.2, -0.15) is 6.49 Å². The van der Waals surface area contributed by atoms with Crippen molar-refractivity contribution in [2.45, 2.75) is 59.7 Å². The molecule has 3 nitrogen and oxygen atoms in total. The first-order valence-corrected chi connectivity index (χ1v) is 7.78. The second-order valence-corrected chi connectivity index (χ2v) is 7.58. The minimum absolute atomic E-state index is 0.245. The maximum atomic E-state index is 5.50. The predicted octanol–water partition coefficient (Wildman–Crippen LogP) is 3.77. The van der Waals surface area contributed by atoms with Crippen LogP contribution in [0.2, 0.25) is 0 Å². The van der Waals surface area contributed by atoms with E-state index in [2.05, 4.69) is 29.1 Å². The van der Waals surface area contributed by atoms with Crippen molar-refractivity contribution in [1.29, 1.82) is 0 Å². The monoisotopic (exact) mass is 235 g/mol. The molecule has 0 saturated carbocycles. The van der Waals surface area contributed by atoms with Crippen LogP contribution >= 0.6 is 6.49 Å². The molecule has 0 aromatic heterocycles. The average molecular weight is 235 g/mol. The number of hydrogen-bond acceptors (Lipinski definition) is 1. The highest BCUT2D eigenvalue weighted by atomic mass is 32.4. The first-order chi connectivity index (χ1) is 6.25. The molecule has 0 spiro atoms. The molecule has 0 aliphatic carbocycles. The van der Waals surface area contributed by atoms with E-state index in [1.807, 2.05) is 27.7 Å². The van der Waals surface area contributed by atoms with Crippen molar-refractivity contribution in [3.63, 3.8) is 0 Å². The summed E-state index contributed by atoms with van der Waals surface area (Å²) in [6, 6.07) is 0.829. The van der Waals surface area contributed by atoms with Gasteiger partial charge in [-0.05, 0) is 13.8 Å². The van der Waals surface area contributed by atoms with Crippen LogP contribution in [0.4, 0.5) is 0 Å². The van der Waals surface area contributed by atoms with Gasteiger partial charge in [-0.15, -0.1) is 23.9 Å². The lowest BCUT2D eigenvalue weighted by Gasteiger charge is -2.54. The lowest BCUT2D eigenvalue weighted by atomic mass is 10.4. The Kier molecular flexibility index (Phi) is 6.42. The van der Waals surface area contributed by atoms with Gasteiger partial charge in [-0.25, -0.2) is 0 Å². The van der Waals surface area contributed by atoms with Crippen LogP contribution in [0, 0.1) is 0 Å². The fourth-order valence-electron chi connectivity index (χ4n) is 1.06. The zero-order valence-corrected chi connectivity index (χ0v) is 11.7. The van der Waals surface area contributed by atoms with Crippen molar-refractivity contribution < 1.29 is 0 Å². The van der Waals surface area contributed by atoms with Crippen LogP contribution in [0.5, 0.6) is 0 Å². The van der Waals surface area contributed by atoms with E-state index >= 15 is 0 Å². The van der Waals surface area contributed by atoms with E-state index in [0.29, 0.717) is 6.04 Å². The smallest absolute Gasteiger partial charge is 0.00214 e. The molecule has 0 aromatic rings. The fourth-order valence-corrected chi connectivity index (χ4v) is 4.94. The Hall–Kier alpha value is 0.530. The minimum atomic E-state index is -2.05. The Balaban J connectivity index is 4.41. The first kappa shape index (κ1) is 14.5. The summed E-state index contributed by atoms with van der Waals surface area (Å²) in [5.74, 6) is 0. The number of hydrogen-bond donors (Lipinski definition) is 1. The highest BCUT2D eigenvalue weighted by molar-refractivity contribution is 8.16. The van der Waals surface area contributed by atoms with E-state index in [9.17, 15) is 0 Å². The number of nitrogens with zero attached hydrogens (tertiary/aromatic N) is 2. The Bertz CT molecular complexity index is 171. The lowest BCUT2D eigenvalue weighted by molar-refractivity contribution is 0.757. The van der Waals surface area contributed by atoms with Gasteiger partial charge < -0.3 is 15.3 Å². The van der Waals surface area contributed by atoms with Gasteiger partial charge >= 0.3 is 0 Å². The van der Waals surface area contributed by atoms with Crippen LogP contribution in [0.1, 0.15) is 41.5 Å². The maximum Gasteiger partial charge on any atom is 0.00214 e. The minimum Gasteiger partial charge on any atom is -0.629 e. The van der Waals surface area contributed by atoms with Gasteiger partial charge in [-0.1, -0.05) is 27.7 Å². The quantitative estimate of drug-likeness (QED) is 0.712. The molecule has 0 amide bonds. The van der Waals surface area contributed by atoms with E-state index in [1.54, 1.807) is 0 Å². The summed E-state index contributed by atoms with van der Waals surface area (Å²) in [4.78, 5) is 0. The van der Waals surface area contributed by atoms with Crippen molar-refractivity contribution >= 4 is 18.3 Å². The molecule has 0 aromatic carbocycles. The molecule has 5 heteroatoms. The molecule has 1 N–H and O–H groups in total. The molecule has 0 saturated heterocycles. The second-order valence-electron chi connectivity index (χ2n) is 4.25. The van der Waals surface area contributed by atoms with Crippen LogP contribution in [0.25, 0.3) is 10.2 Å². The average Bonchev–Trinajstić information content (AvgIpc) is 1.76. The molecule has 0 atom stereocenters. The van der Waals surface area contributed by atoms with Crippen LogP contribution in [0.3, 0.4) is 0 Å². The van der Waals surface area contributed by atoms with Gasteiger partial charge in [0.1, 0.15) is 0 Å². The van der Waals surface area contributed by atoms with E-state index in [4.69, 9.17) is 11.8 Å². The summed E-state index contributed by atoms with van der Waals surface area (Å²) >= 11 is 5.50. The van der Waals surface area contributed by atoms with E-state index in [0.717, 1.165) is 0 Å². The normalized spacial score (nSPS) is 13.2. The summed E-state index contributed by atoms with van der Waals surface area (Å²) < 4.78 is 0. The Morgan fingerprint density at radius 3 is 1.50 bits per heavy atom. The molecule has 0 aliphatic heterocycles. The number of rotatable bonds is 6. The lowest BCUT2D eigenvalue weighted by Crippen LogP contribution is -2.20. The van der Waals surface area contributed by atoms with Gasteiger partial charge in [0, 0.05) is 6.04 Å². The highest BCUT2D eigenvalue weighted by Crippen LogP contribution is 2.56. The molecular formula is C9H22N3PS-2. The van der Waals surface area contributed by atoms with Gasteiger partial charge in [0.2, 0.25) is 0 Å². The van der Waals surface area contributed by atoms with Crippen molar-refractivity contribution in [1.82, 2.24) is 5.09 Å². The van der Waals surface area contributed by atoms with E-state index in [-0.39, 0.29) is 12.1 Å². The summed E-state index contributed by atoms with van der Waals surface area (Å²) in [5, 5.41) is 12.4. The largest absolute Gasteiger partial charge is 0.629 e. The van der Waals surface area contributed by atoms with Gasteiger partial charge in [0.05, 0.1) is 0 Å².